The molecule has 0 saturated heterocycles. The minimum absolute atomic E-state index is 0.0177. The molecule has 0 saturated carbocycles. The summed E-state index contributed by atoms with van der Waals surface area (Å²) in [6, 6.07) is 18.0. The van der Waals surface area contributed by atoms with E-state index in [2.05, 4.69) is 40.8 Å². The second-order valence-corrected chi connectivity index (χ2v) is 7.47. The summed E-state index contributed by atoms with van der Waals surface area (Å²) in [7, 11) is 0. The molecule has 0 radical (unpaired) electrons. The fraction of sp³-hybridized carbons (Fsp3) is 0.286. The molecule has 4 heteroatoms. The molecule has 2 nitrogen and oxygen atoms in total. The second kappa shape index (κ2) is 7.92. The van der Waals surface area contributed by atoms with Crippen molar-refractivity contribution in [3.8, 4) is 0 Å². The Balaban J connectivity index is 2.07. The van der Waals surface area contributed by atoms with E-state index in [-0.39, 0.29) is 11.9 Å². The monoisotopic (exact) mass is 466 g/mol. The molecule has 0 spiro atoms. The third kappa shape index (κ3) is 3.63. The first-order valence-electron chi connectivity index (χ1n) is 8.35. The van der Waals surface area contributed by atoms with E-state index >= 15 is 0 Å². The summed E-state index contributed by atoms with van der Waals surface area (Å²) in [5, 5.41) is 0.699. The summed E-state index contributed by atoms with van der Waals surface area (Å²) < 4.78 is 6.17. The number of alkyl halides is 1. The zero-order valence-electron chi connectivity index (χ0n) is 14.0. The average molecular weight is 467 g/mol. The molecule has 0 bridgehead atoms. The van der Waals surface area contributed by atoms with Gasteiger partial charge in [-0.15, -0.1) is 0 Å². The lowest BCUT2D eigenvalue weighted by Crippen LogP contribution is -2.37. The van der Waals surface area contributed by atoms with Crippen LogP contribution in [0.5, 0.6) is 0 Å². The molecule has 3 rings (SSSR count). The van der Waals surface area contributed by atoms with E-state index in [4.69, 9.17) is 16.3 Å². The quantitative estimate of drug-likeness (QED) is 0.312. The van der Waals surface area contributed by atoms with E-state index < -0.39 is 5.41 Å². The van der Waals surface area contributed by atoms with Crippen LogP contribution in [0, 0.1) is 5.41 Å². The number of rotatable bonds is 5. The van der Waals surface area contributed by atoms with Gasteiger partial charge in [-0.25, -0.2) is 0 Å². The van der Waals surface area contributed by atoms with Gasteiger partial charge in [0.15, 0.2) is 0 Å². The van der Waals surface area contributed by atoms with Gasteiger partial charge in [0, 0.05) is 15.4 Å². The number of halogens is 2. The standard InChI is InChI=1S/C21H20ClIO2/c1-2-25-20(24)21(14-23)13-17(15-6-4-3-5-7-15)12-19(21)16-8-10-18(22)11-9-16/h3-12,19H,2,13-14H2,1H3/t19-,21-/m0/s1. The number of hydrogen-bond acceptors (Lipinski definition) is 2. The molecule has 0 N–H and O–H groups in total. The number of carbonyl (C=O) groups is 1. The minimum atomic E-state index is -0.574. The van der Waals surface area contributed by atoms with Crippen molar-refractivity contribution in [2.24, 2.45) is 5.41 Å². The predicted octanol–water partition coefficient (Wildman–Crippen LogP) is 5.90. The Morgan fingerprint density at radius 2 is 1.88 bits per heavy atom. The maximum absolute atomic E-state index is 12.9. The topological polar surface area (TPSA) is 26.3 Å². The van der Waals surface area contributed by atoms with Crippen LogP contribution >= 0.6 is 34.2 Å². The normalized spacial score (nSPS) is 22.5. The largest absolute Gasteiger partial charge is 0.466 e. The van der Waals surface area contributed by atoms with Crippen molar-refractivity contribution in [3.63, 3.8) is 0 Å². The van der Waals surface area contributed by atoms with Crippen molar-refractivity contribution in [2.75, 3.05) is 11.0 Å². The fourth-order valence-electron chi connectivity index (χ4n) is 3.46. The van der Waals surface area contributed by atoms with Crippen LogP contribution < -0.4 is 0 Å². The Morgan fingerprint density at radius 1 is 1.20 bits per heavy atom. The summed E-state index contributed by atoms with van der Waals surface area (Å²) in [6.45, 7) is 2.25. The van der Waals surface area contributed by atoms with Crippen LogP contribution in [-0.4, -0.2) is 17.0 Å². The summed E-state index contributed by atoms with van der Waals surface area (Å²) in [5.41, 5.74) is 2.89. The Morgan fingerprint density at radius 3 is 2.48 bits per heavy atom. The van der Waals surface area contributed by atoms with Crippen LogP contribution in [0.4, 0.5) is 0 Å². The highest BCUT2D eigenvalue weighted by molar-refractivity contribution is 14.1. The van der Waals surface area contributed by atoms with Gasteiger partial charge in [-0.05, 0) is 42.2 Å². The van der Waals surface area contributed by atoms with Crippen LogP contribution in [0.1, 0.15) is 30.4 Å². The van der Waals surface area contributed by atoms with Crippen LogP contribution in [0.3, 0.4) is 0 Å². The molecule has 0 aliphatic heterocycles. The summed E-state index contributed by atoms with van der Waals surface area (Å²) >= 11 is 8.37. The number of allylic oxidation sites excluding steroid dienone is 2. The lowest BCUT2D eigenvalue weighted by Gasteiger charge is -2.32. The van der Waals surface area contributed by atoms with Gasteiger partial charge in [0.1, 0.15) is 0 Å². The zero-order chi connectivity index (χ0) is 17.9. The summed E-state index contributed by atoms with van der Waals surface area (Å²) in [5.74, 6) is -0.137. The molecule has 25 heavy (non-hydrogen) atoms. The molecule has 1 aliphatic carbocycles. The van der Waals surface area contributed by atoms with Gasteiger partial charge in [-0.1, -0.05) is 82.7 Å². The molecule has 0 amide bonds. The Labute approximate surface area is 167 Å². The molecule has 1 aliphatic rings. The number of benzene rings is 2. The second-order valence-electron chi connectivity index (χ2n) is 6.27. The van der Waals surface area contributed by atoms with E-state index in [1.54, 1.807) is 0 Å². The smallest absolute Gasteiger partial charge is 0.314 e. The van der Waals surface area contributed by atoms with Crippen LogP contribution in [0.25, 0.3) is 5.57 Å². The van der Waals surface area contributed by atoms with E-state index in [0.717, 1.165) is 11.1 Å². The first-order valence-corrected chi connectivity index (χ1v) is 10.3. The van der Waals surface area contributed by atoms with Crippen molar-refractivity contribution in [1.29, 1.82) is 0 Å². The predicted molar refractivity (Wildman–Crippen MR) is 111 cm³/mol. The number of carbonyl (C=O) groups excluding carboxylic acids is 1. The third-order valence-electron chi connectivity index (χ3n) is 4.76. The molecular weight excluding hydrogens is 447 g/mol. The zero-order valence-corrected chi connectivity index (χ0v) is 17.0. The van der Waals surface area contributed by atoms with Crippen LogP contribution in [0.2, 0.25) is 5.02 Å². The Bertz CT molecular complexity index is 770. The number of hydrogen-bond donors (Lipinski definition) is 0. The highest BCUT2D eigenvalue weighted by Gasteiger charge is 2.50. The molecule has 130 valence electrons. The maximum atomic E-state index is 12.9. The van der Waals surface area contributed by atoms with E-state index in [0.29, 0.717) is 22.5 Å². The van der Waals surface area contributed by atoms with E-state index in [1.807, 2.05) is 49.4 Å². The molecule has 0 heterocycles. The van der Waals surface area contributed by atoms with E-state index in [1.165, 1.54) is 5.57 Å². The van der Waals surface area contributed by atoms with Gasteiger partial charge < -0.3 is 4.74 Å². The summed E-state index contributed by atoms with van der Waals surface area (Å²) in [6.07, 6.45) is 2.92. The van der Waals surface area contributed by atoms with Gasteiger partial charge in [-0.2, -0.15) is 0 Å². The lowest BCUT2D eigenvalue weighted by atomic mass is 9.75. The van der Waals surface area contributed by atoms with Crippen molar-refractivity contribution in [2.45, 2.75) is 19.3 Å². The first-order chi connectivity index (χ1) is 12.1. The van der Waals surface area contributed by atoms with Crippen molar-refractivity contribution in [1.82, 2.24) is 0 Å². The van der Waals surface area contributed by atoms with Crippen LogP contribution in [-0.2, 0) is 9.53 Å². The Hall–Kier alpha value is -1.33. The number of esters is 1. The average Bonchev–Trinajstić information content (AvgIpc) is 3.04. The highest BCUT2D eigenvalue weighted by atomic mass is 127. The summed E-state index contributed by atoms with van der Waals surface area (Å²) in [4.78, 5) is 12.9. The Kier molecular flexibility index (Phi) is 5.85. The van der Waals surface area contributed by atoms with Crippen molar-refractivity contribution in [3.05, 3.63) is 76.8 Å². The molecule has 2 aromatic carbocycles. The first kappa shape index (κ1) is 18.5. The van der Waals surface area contributed by atoms with Crippen molar-refractivity contribution >= 4 is 45.7 Å². The molecule has 0 aromatic heterocycles. The minimum Gasteiger partial charge on any atom is -0.466 e. The van der Waals surface area contributed by atoms with Gasteiger partial charge >= 0.3 is 5.97 Å². The number of ether oxygens (including phenoxy) is 1. The van der Waals surface area contributed by atoms with Gasteiger partial charge in [0.2, 0.25) is 0 Å². The fourth-order valence-corrected chi connectivity index (χ4v) is 4.65. The SMILES string of the molecule is CCOC(=O)[C@]1(CI)CC(c2ccccc2)=C[C@H]1c1ccc(Cl)cc1. The van der Waals surface area contributed by atoms with Gasteiger partial charge in [-0.3, -0.25) is 4.79 Å². The highest BCUT2D eigenvalue weighted by Crippen LogP contribution is 2.52. The molecular formula is C21H20ClIO2. The maximum Gasteiger partial charge on any atom is 0.314 e. The molecule has 2 aromatic rings. The van der Waals surface area contributed by atoms with Crippen molar-refractivity contribution < 1.29 is 9.53 Å². The van der Waals surface area contributed by atoms with E-state index in [9.17, 15) is 4.79 Å². The van der Waals surface area contributed by atoms with Crippen LogP contribution in [0.15, 0.2) is 60.7 Å². The lowest BCUT2D eigenvalue weighted by molar-refractivity contribution is -0.154. The third-order valence-corrected chi connectivity index (χ3v) is 6.38. The molecule has 0 fully saturated rings. The van der Waals surface area contributed by atoms with Gasteiger partial charge in [0.05, 0.1) is 12.0 Å². The van der Waals surface area contributed by atoms with Gasteiger partial charge in [0.25, 0.3) is 0 Å². The molecule has 0 unspecified atom stereocenters. The molecule has 2 atom stereocenters.